The predicted octanol–water partition coefficient (Wildman–Crippen LogP) is 1.27. The summed E-state index contributed by atoms with van der Waals surface area (Å²) in [5.74, 6) is -0.0271. The zero-order valence-corrected chi connectivity index (χ0v) is 11.1. The van der Waals surface area contributed by atoms with Gasteiger partial charge in [0, 0.05) is 20.2 Å². The molecule has 0 aliphatic heterocycles. The zero-order chi connectivity index (χ0) is 12.8. The molecule has 0 aliphatic carbocycles. The topological polar surface area (TPSA) is 79.5 Å². The predicted molar refractivity (Wildman–Crippen MR) is 69.2 cm³/mol. The Balaban J connectivity index is 2.49. The van der Waals surface area contributed by atoms with Crippen molar-refractivity contribution < 1.29 is 9.90 Å². The van der Waals surface area contributed by atoms with Gasteiger partial charge in [0.25, 0.3) is 5.91 Å². The van der Waals surface area contributed by atoms with Gasteiger partial charge in [-0.3, -0.25) is 4.79 Å². The van der Waals surface area contributed by atoms with E-state index in [9.17, 15) is 4.79 Å². The molecule has 0 unspecified atom stereocenters. The van der Waals surface area contributed by atoms with Gasteiger partial charge in [-0.25, -0.2) is 4.98 Å². The standard InChI is InChI=1S/C11H19N3O2S/c1-8-9(17-11(12)13-8)10(16)14(2)6-4-3-5-7-15/h15H,3-7H2,1-2H3,(H2,12,13). The Morgan fingerprint density at radius 3 is 2.71 bits per heavy atom. The fraction of sp³-hybridized carbons (Fsp3) is 0.636. The van der Waals surface area contributed by atoms with Gasteiger partial charge in [0.15, 0.2) is 5.13 Å². The molecule has 0 spiro atoms. The maximum atomic E-state index is 12.0. The molecule has 6 heteroatoms. The first-order chi connectivity index (χ1) is 8.06. The van der Waals surface area contributed by atoms with E-state index in [4.69, 9.17) is 10.8 Å². The number of amides is 1. The van der Waals surface area contributed by atoms with Crippen molar-refractivity contribution in [1.29, 1.82) is 0 Å². The number of nitrogen functional groups attached to an aromatic ring is 1. The summed E-state index contributed by atoms with van der Waals surface area (Å²) < 4.78 is 0. The number of nitrogens with zero attached hydrogens (tertiary/aromatic N) is 2. The highest BCUT2D eigenvalue weighted by molar-refractivity contribution is 7.17. The number of hydrogen-bond acceptors (Lipinski definition) is 5. The lowest BCUT2D eigenvalue weighted by molar-refractivity contribution is 0.0796. The summed E-state index contributed by atoms with van der Waals surface area (Å²) in [6.07, 6.45) is 2.61. The summed E-state index contributed by atoms with van der Waals surface area (Å²) in [4.78, 5) is 18.4. The Kier molecular flexibility index (Phi) is 5.37. The average molecular weight is 257 g/mol. The van der Waals surface area contributed by atoms with E-state index in [1.807, 2.05) is 0 Å². The second-order valence-corrected chi connectivity index (χ2v) is 5.01. The van der Waals surface area contributed by atoms with E-state index in [0.717, 1.165) is 19.3 Å². The van der Waals surface area contributed by atoms with Crippen LogP contribution in [0, 0.1) is 6.92 Å². The number of rotatable bonds is 6. The minimum atomic E-state index is -0.0271. The van der Waals surface area contributed by atoms with Crippen LogP contribution in [0.1, 0.15) is 34.6 Å². The lowest BCUT2D eigenvalue weighted by Crippen LogP contribution is -2.27. The highest BCUT2D eigenvalue weighted by atomic mass is 32.1. The van der Waals surface area contributed by atoms with E-state index in [1.165, 1.54) is 11.3 Å². The molecule has 5 nitrogen and oxygen atoms in total. The van der Waals surface area contributed by atoms with E-state index in [2.05, 4.69) is 4.98 Å². The van der Waals surface area contributed by atoms with Crippen LogP contribution in [0.25, 0.3) is 0 Å². The van der Waals surface area contributed by atoms with Crippen LogP contribution < -0.4 is 5.73 Å². The number of aliphatic hydroxyl groups is 1. The lowest BCUT2D eigenvalue weighted by atomic mass is 10.2. The van der Waals surface area contributed by atoms with E-state index < -0.39 is 0 Å². The monoisotopic (exact) mass is 257 g/mol. The van der Waals surface area contributed by atoms with Crippen molar-refractivity contribution in [3.8, 4) is 0 Å². The molecule has 0 aliphatic rings. The third-order valence-corrected chi connectivity index (χ3v) is 3.48. The summed E-state index contributed by atoms with van der Waals surface area (Å²) >= 11 is 1.23. The number of aryl methyl sites for hydroxylation is 1. The highest BCUT2D eigenvalue weighted by Crippen LogP contribution is 2.21. The lowest BCUT2D eigenvalue weighted by Gasteiger charge is -2.16. The quantitative estimate of drug-likeness (QED) is 0.752. The van der Waals surface area contributed by atoms with Crippen molar-refractivity contribution in [3.63, 3.8) is 0 Å². The number of carbonyl (C=O) groups excluding carboxylic acids is 1. The second kappa shape index (κ2) is 6.56. The zero-order valence-electron chi connectivity index (χ0n) is 10.3. The number of unbranched alkanes of at least 4 members (excludes halogenated alkanes) is 2. The molecule has 0 fully saturated rings. The Bertz CT molecular complexity index is 379. The summed E-state index contributed by atoms with van der Waals surface area (Å²) in [7, 11) is 1.77. The Hall–Kier alpha value is -1.14. The minimum Gasteiger partial charge on any atom is -0.396 e. The van der Waals surface area contributed by atoms with Crippen LogP contribution in [-0.2, 0) is 0 Å². The molecular formula is C11H19N3O2S. The van der Waals surface area contributed by atoms with Crippen molar-refractivity contribution in [3.05, 3.63) is 10.6 Å². The van der Waals surface area contributed by atoms with Crippen molar-refractivity contribution >= 4 is 22.4 Å². The molecule has 1 amide bonds. The fourth-order valence-electron chi connectivity index (χ4n) is 1.53. The second-order valence-electron chi connectivity index (χ2n) is 3.98. The Labute approximate surface area is 105 Å². The first-order valence-electron chi connectivity index (χ1n) is 5.65. The number of anilines is 1. The van der Waals surface area contributed by atoms with E-state index in [1.54, 1.807) is 18.9 Å². The van der Waals surface area contributed by atoms with Gasteiger partial charge in [0.2, 0.25) is 0 Å². The van der Waals surface area contributed by atoms with Crippen molar-refractivity contribution in [2.75, 3.05) is 25.9 Å². The number of carbonyl (C=O) groups is 1. The first-order valence-corrected chi connectivity index (χ1v) is 6.47. The minimum absolute atomic E-state index is 0.0271. The molecule has 1 rings (SSSR count). The van der Waals surface area contributed by atoms with Gasteiger partial charge in [-0.05, 0) is 26.2 Å². The summed E-state index contributed by atoms with van der Waals surface area (Å²) in [5.41, 5.74) is 6.26. The van der Waals surface area contributed by atoms with Gasteiger partial charge < -0.3 is 15.7 Å². The Morgan fingerprint density at radius 2 is 2.18 bits per heavy atom. The van der Waals surface area contributed by atoms with Gasteiger partial charge in [-0.1, -0.05) is 11.3 Å². The van der Waals surface area contributed by atoms with Gasteiger partial charge >= 0.3 is 0 Å². The third-order valence-electron chi connectivity index (χ3n) is 2.51. The number of aliphatic hydroxyl groups excluding tert-OH is 1. The van der Waals surface area contributed by atoms with Gasteiger partial charge in [-0.15, -0.1) is 0 Å². The number of aromatic nitrogens is 1. The molecule has 0 aromatic carbocycles. The van der Waals surface area contributed by atoms with E-state index in [-0.39, 0.29) is 12.5 Å². The van der Waals surface area contributed by atoms with Crippen LogP contribution in [0.3, 0.4) is 0 Å². The summed E-state index contributed by atoms with van der Waals surface area (Å²) in [6.45, 7) is 2.69. The van der Waals surface area contributed by atoms with Gasteiger partial charge in [0.05, 0.1) is 5.69 Å². The van der Waals surface area contributed by atoms with Crippen LogP contribution >= 0.6 is 11.3 Å². The molecule has 0 bridgehead atoms. The summed E-state index contributed by atoms with van der Waals surface area (Å²) in [5, 5.41) is 9.09. The van der Waals surface area contributed by atoms with Crippen LogP contribution in [0.5, 0.6) is 0 Å². The molecule has 17 heavy (non-hydrogen) atoms. The number of hydrogen-bond donors (Lipinski definition) is 2. The van der Waals surface area contributed by atoms with Gasteiger partial charge in [0.1, 0.15) is 4.88 Å². The third kappa shape index (κ3) is 3.98. The maximum absolute atomic E-state index is 12.0. The first kappa shape index (κ1) is 13.9. The molecule has 0 radical (unpaired) electrons. The van der Waals surface area contributed by atoms with Crippen LogP contribution in [0.15, 0.2) is 0 Å². The summed E-state index contributed by atoms with van der Waals surface area (Å²) in [6, 6.07) is 0. The molecule has 1 heterocycles. The van der Waals surface area contributed by atoms with Crippen LogP contribution in [-0.4, -0.2) is 41.1 Å². The van der Waals surface area contributed by atoms with Crippen LogP contribution in [0.4, 0.5) is 5.13 Å². The molecule has 3 N–H and O–H groups in total. The van der Waals surface area contributed by atoms with E-state index >= 15 is 0 Å². The number of thiazole rings is 1. The SMILES string of the molecule is Cc1nc(N)sc1C(=O)N(C)CCCCCO. The molecular weight excluding hydrogens is 238 g/mol. The molecule has 0 saturated carbocycles. The molecule has 0 saturated heterocycles. The molecule has 1 aromatic rings. The molecule has 1 aromatic heterocycles. The molecule has 96 valence electrons. The van der Waals surface area contributed by atoms with Crippen LogP contribution in [0.2, 0.25) is 0 Å². The fourth-order valence-corrected chi connectivity index (χ4v) is 2.36. The molecule has 0 atom stereocenters. The maximum Gasteiger partial charge on any atom is 0.265 e. The Morgan fingerprint density at radius 1 is 1.47 bits per heavy atom. The van der Waals surface area contributed by atoms with Gasteiger partial charge in [-0.2, -0.15) is 0 Å². The van der Waals surface area contributed by atoms with Crippen molar-refractivity contribution in [1.82, 2.24) is 9.88 Å². The highest BCUT2D eigenvalue weighted by Gasteiger charge is 2.17. The largest absolute Gasteiger partial charge is 0.396 e. The van der Waals surface area contributed by atoms with E-state index in [0.29, 0.717) is 22.2 Å². The normalized spacial score (nSPS) is 10.5. The van der Waals surface area contributed by atoms with Crippen molar-refractivity contribution in [2.45, 2.75) is 26.2 Å². The van der Waals surface area contributed by atoms with Crippen molar-refractivity contribution in [2.24, 2.45) is 0 Å². The smallest absolute Gasteiger partial charge is 0.265 e. The number of nitrogens with two attached hydrogens (primary N) is 1. The average Bonchev–Trinajstić information content (AvgIpc) is 2.62.